The summed E-state index contributed by atoms with van der Waals surface area (Å²) in [5, 5.41) is 8.17. The van der Waals surface area contributed by atoms with Crippen LogP contribution in [0.1, 0.15) is 25.7 Å². The summed E-state index contributed by atoms with van der Waals surface area (Å²) in [6.45, 7) is 4.26. The highest BCUT2D eigenvalue weighted by Crippen LogP contribution is 2.23. The maximum Gasteiger partial charge on any atom is 0.261 e. The van der Waals surface area contributed by atoms with E-state index in [-0.39, 0.29) is 6.10 Å². The van der Waals surface area contributed by atoms with Crippen LogP contribution in [0.3, 0.4) is 0 Å². The topological polar surface area (TPSA) is 91.5 Å². The zero-order valence-electron chi connectivity index (χ0n) is 11.9. The zero-order chi connectivity index (χ0) is 14.8. The van der Waals surface area contributed by atoms with E-state index in [0.717, 1.165) is 11.1 Å². The molecule has 3 rings (SSSR count). The number of ether oxygens (including phenoxy) is 1. The van der Waals surface area contributed by atoms with Crippen LogP contribution in [0.25, 0.3) is 17.0 Å². The van der Waals surface area contributed by atoms with Crippen molar-refractivity contribution in [2.45, 2.75) is 26.0 Å². The summed E-state index contributed by atoms with van der Waals surface area (Å²) >= 11 is 0. The first-order valence-corrected chi connectivity index (χ1v) is 6.78. The van der Waals surface area contributed by atoms with Crippen molar-refractivity contribution in [2.75, 3.05) is 6.61 Å². The highest BCUT2D eigenvalue weighted by Gasteiger charge is 2.18. The third kappa shape index (κ3) is 2.79. The van der Waals surface area contributed by atoms with Crippen molar-refractivity contribution in [2.24, 2.45) is 5.73 Å². The predicted octanol–water partition coefficient (Wildman–Crippen LogP) is 1.81. The van der Waals surface area contributed by atoms with Crippen LogP contribution < -0.4 is 5.73 Å². The van der Waals surface area contributed by atoms with Crippen molar-refractivity contribution in [3.63, 3.8) is 0 Å². The van der Waals surface area contributed by atoms with Gasteiger partial charge in [0.25, 0.3) is 5.89 Å². The molecule has 2 N–H and O–H groups in total. The summed E-state index contributed by atoms with van der Waals surface area (Å²) in [5.41, 5.74) is 7.68. The molecule has 1 unspecified atom stereocenters. The van der Waals surface area contributed by atoms with E-state index in [1.54, 1.807) is 10.7 Å². The molecular formula is C14H17N5O2. The van der Waals surface area contributed by atoms with Crippen molar-refractivity contribution >= 4 is 5.52 Å². The molecule has 0 aliphatic carbocycles. The summed E-state index contributed by atoms with van der Waals surface area (Å²) in [4.78, 5) is 4.34. The lowest BCUT2D eigenvalue weighted by Crippen LogP contribution is -2.20. The Balaban J connectivity index is 1.84. The van der Waals surface area contributed by atoms with Crippen LogP contribution in [0, 0.1) is 0 Å². The van der Waals surface area contributed by atoms with Crippen molar-refractivity contribution in [3.8, 4) is 11.5 Å². The Labute approximate surface area is 121 Å². The number of hydrogen-bond donors (Lipinski definition) is 1. The molecule has 110 valence electrons. The van der Waals surface area contributed by atoms with E-state index >= 15 is 0 Å². The molecule has 7 heteroatoms. The van der Waals surface area contributed by atoms with Gasteiger partial charge in [0.05, 0.1) is 36.0 Å². The Morgan fingerprint density at radius 1 is 1.38 bits per heavy atom. The Kier molecular flexibility index (Phi) is 3.68. The molecule has 7 nitrogen and oxygen atoms in total. The molecule has 1 atom stereocenters. The first-order valence-electron chi connectivity index (χ1n) is 6.78. The largest absolute Gasteiger partial charge is 0.377 e. The molecule has 0 aliphatic heterocycles. The lowest BCUT2D eigenvalue weighted by Gasteiger charge is -2.10. The summed E-state index contributed by atoms with van der Waals surface area (Å²) < 4.78 is 12.5. The van der Waals surface area contributed by atoms with Gasteiger partial charge in [-0.25, -0.2) is 4.52 Å². The lowest BCUT2D eigenvalue weighted by molar-refractivity contribution is 0.0665. The molecule has 0 aliphatic rings. The Morgan fingerprint density at radius 2 is 2.24 bits per heavy atom. The standard InChI is InChI=1S/C14H17N5O2/c1-9(2)20-8-11(15)13-17-14(21-18-13)10-7-16-19-6-4-3-5-12(10)19/h3-7,9,11H,8,15H2,1-2H3. The quantitative estimate of drug-likeness (QED) is 0.769. The molecule has 3 aromatic heterocycles. The van der Waals surface area contributed by atoms with Crippen LogP contribution in [0.2, 0.25) is 0 Å². The maximum absolute atomic E-state index is 5.99. The second kappa shape index (κ2) is 5.63. The van der Waals surface area contributed by atoms with Crippen molar-refractivity contribution in [1.82, 2.24) is 19.8 Å². The van der Waals surface area contributed by atoms with E-state index in [1.165, 1.54) is 0 Å². The van der Waals surface area contributed by atoms with Gasteiger partial charge in [-0.05, 0) is 26.0 Å². The molecule has 0 aromatic carbocycles. The van der Waals surface area contributed by atoms with Gasteiger partial charge < -0.3 is 15.0 Å². The monoisotopic (exact) mass is 287 g/mol. The van der Waals surface area contributed by atoms with E-state index < -0.39 is 6.04 Å². The van der Waals surface area contributed by atoms with Gasteiger partial charge in [-0.15, -0.1) is 0 Å². The van der Waals surface area contributed by atoms with Crippen LogP contribution >= 0.6 is 0 Å². The van der Waals surface area contributed by atoms with E-state index in [9.17, 15) is 0 Å². The molecule has 3 heterocycles. The highest BCUT2D eigenvalue weighted by molar-refractivity contribution is 5.74. The third-order valence-corrected chi connectivity index (χ3v) is 3.04. The average molecular weight is 287 g/mol. The summed E-state index contributed by atoms with van der Waals surface area (Å²) in [6.07, 6.45) is 3.67. The number of aromatic nitrogens is 4. The number of pyridine rings is 1. The average Bonchev–Trinajstić information content (AvgIpc) is 3.10. The fourth-order valence-corrected chi connectivity index (χ4v) is 1.96. The van der Waals surface area contributed by atoms with E-state index in [0.29, 0.717) is 18.3 Å². The molecule has 0 bridgehead atoms. The van der Waals surface area contributed by atoms with Gasteiger partial charge in [0.15, 0.2) is 5.82 Å². The summed E-state index contributed by atoms with van der Waals surface area (Å²) in [6, 6.07) is 5.36. The normalized spacial score (nSPS) is 13.1. The first-order chi connectivity index (χ1) is 10.1. The number of nitrogens with zero attached hydrogens (tertiary/aromatic N) is 4. The van der Waals surface area contributed by atoms with Gasteiger partial charge in [-0.2, -0.15) is 10.1 Å². The molecule has 0 fully saturated rings. The van der Waals surface area contributed by atoms with E-state index in [1.807, 2.05) is 38.2 Å². The second-order valence-corrected chi connectivity index (χ2v) is 5.04. The van der Waals surface area contributed by atoms with Crippen LogP contribution in [-0.2, 0) is 4.74 Å². The second-order valence-electron chi connectivity index (χ2n) is 5.04. The lowest BCUT2D eigenvalue weighted by atomic mass is 10.2. The van der Waals surface area contributed by atoms with Crippen LogP contribution in [0.5, 0.6) is 0 Å². The predicted molar refractivity (Wildman–Crippen MR) is 76.5 cm³/mol. The molecule has 0 radical (unpaired) electrons. The number of nitrogens with two attached hydrogens (primary N) is 1. The van der Waals surface area contributed by atoms with Gasteiger partial charge >= 0.3 is 0 Å². The molecule has 3 aromatic rings. The smallest absolute Gasteiger partial charge is 0.261 e. The van der Waals surface area contributed by atoms with Crippen LogP contribution in [0.15, 0.2) is 35.1 Å². The van der Waals surface area contributed by atoms with E-state index in [2.05, 4.69) is 15.2 Å². The van der Waals surface area contributed by atoms with E-state index in [4.69, 9.17) is 15.0 Å². The fraction of sp³-hybridized carbons (Fsp3) is 0.357. The molecule has 0 saturated heterocycles. The molecule has 0 spiro atoms. The highest BCUT2D eigenvalue weighted by atomic mass is 16.5. The van der Waals surface area contributed by atoms with Gasteiger partial charge in [-0.3, -0.25) is 0 Å². The SMILES string of the molecule is CC(C)OCC(N)c1noc(-c2cnn3ccccc23)n1. The maximum atomic E-state index is 5.99. The summed E-state index contributed by atoms with van der Waals surface area (Å²) in [5.74, 6) is 0.840. The summed E-state index contributed by atoms with van der Waals surface area (Å²) in [7, 11) is 0. The minimum absolute atomic E-state index is 0.113. The third-order valence-electron chi connectivity index (χ3n) is 3.04. The molecule has 21 heavy (non-hydrogen) atoms. The molecular weight excluding hydrogens is 270 g/mol. The van der Waals surface area contributed by atoms with Crippen molar-refractivity contribution in [3.05, 3.63) is 36.4 Å². The zero-order valence-corrected chi connectivity index (χ0v) is 11.9. The Hall–Kier alpha value is -2.25. The minimum Gasteiger partial charge on any atom is -0.377 e. The Bertz CT molecular complexity index is 734. The van der Waals surface area contributed by atoms with Crippen LogP contribution in [0.4, 0.5) is 0 Å². The van der Waals surface area contributed by atoms with Crippen LogP contribution in [-0.4, -0.2) is 32.5 Å². The van der Waals surface area contributed by atoms with Gasteiger partial charge in [0.2, 0.25) is 0 Å². The minimum atomic E-state index is -0.410. The van der Waals surface area contributed by atoms with Crippen molar-refractivity contribution < 1.29 is 9.26 Å². The fourth-order valence-electron chi connectivity index (χ4n) is 1.96. The van der Waals surface area contributed by atoms with Gasteiger partial charge in [0, 0.05) is 6.20 Å². The van der Waals surface area contributed by atoms with Crippen molar-refractivity contribution in [1.29, 1.82) is 0 Å². The number of hydrogen-bond acceptors (Lipinski definition) is 6. The number of rotatable bonds is 5. The van der Waals surface area contributed by atoms with Gasteiger partial charge in [0.1, 0.15) is 0 Å². The molecule has 0 amide bonds. The van der Waals surface area contributed by atoms with Gasteiger partial charge in [-0.1, -0.05) is 11.2 Å². The Morgan fingerprint density at radius 3 is 3.05 bits per heavy atom. The first kappa shape index (κ1) is 13.7. The molecule has 0 saturated carbocycles. The number of fused-ring (bicyclic) bond motifs is 1.